The number of aliphatic hydroxyl groups is 1. The summed E-state index contributed by atoms with van der Waals surface area (Å²) >= 11 is 0. The first-order valence-corrected chi connectivity index (χ1v) is 16.0. The van der Waals surface area contributed by atoms with E-state index in [1.54, 1.807) is 37.4 Å². The lowest BCUT2D eigenvalue weighted by atomic mass is 10.1. The normalized spacial score (nSPS) is 18.4. The molecule has 7 rings (SSSR count). The Hall–Kier alpha value is -4.04. The number of halogens is 1. The highest BCUT2D eigenvalue weighted by Crippen LogP contribution is 2.38. The summed E-state index contributed by atoms with van der Waals surface area (Å²) in [6.45, 7) is 4.22. The van der Waals surface area contributed by atoms with Gasteiger partial charge in [-0.1, -0.05) is 6.07 Å². The van der Waals surface area contributed by atoms with Crippen LogP contribution in [0.15, 0.2) is 59.6 Å². The number of hydrogen-bond acceptors (Lipinski definition) is 9. The molecule has 13 heteroatoms. The van der Waals surface area contributed by atoms with Crippen LogP contribution in [0, 0.1) is 12.7 Å². The second kappa shape index (κ2) is 10.8. The first-order valence-electron chi connectivity index (χ1n) is 14.6. The van der Waals surface area contributed by atoms with E-state index >= 15 is 0 Å². The van der Waals surface area contributed by atoms with Gasteiger partial charge < -0.3 is 20.6 Å². The van der Waals surface area contributed by atoms with Crippen LogP contribution in [0.5, 0.6) is 0 Å². The number of amides is 1. The van der Waals surface area contributed by atoms with Gasteiger partial charge in [-0.2, -0.15) is 4.31 Å². The molecular weight excluding hydrogens is 585 g/mol. The predicted octanol–water partition coefficient (Wildman–Crippen LogP) is 2.38. The molecule has 3 aromatic heterocycles. The second-order valence-electron chi connectivity index (χ2n) is 11.9. The molecule has 44 heavy (non-hydrogen) atoms. The van der Waals surface area contributed by atoms with Crippen LogP contribution < -0.4 is 15.5 Å². The fourth-order valence-corrected chi connectivity index (χ4v) is 7.52. The van der Waals surface area contributed by atoms with E-state index in [1.807, 2.05) is 6.07 Å². The number of rotatable bonds is 7. The van der Waals surface area contributed by atoms with Crippen molar-refractivity contribution >= 4 is 32.7 Å². The number of piperazine rings is 1. The smallest absolute Gasteiger partial charge is 0.251 e. The van der Waals surface area contributed by atoms with E-state index in [2.05, 4.69) is 20.5 Å². The van der Waals surface area contributed by atoms with Gasteiger partial charge in [-0.05, 0) is 55.7 Å². The first-order chi connectivity index (χ1) is 21.1. The van der Waals surface area contributed by atoms with Gasteiger partial charge in [0.1, 0.15) is 11.6 Å². The Labute approximate surface area is 254 Å². The third-order valence-electron chi connectivity index (χ3n) is 8.55. The number of carbonyl (C=O) groups excluding carboxylic acids is 1. The number of anilines is 1. The summed E-state index contributed by atoms with van der Waals surface area (Å²) in [7, 11) is -3.82. The van der Waals surface area contributed by atoms with Gasteiger partial charge in [0.2, 0.25) is 10.0 Å². The Morgan fingerprint density at radius 3 is 2.70 bits per heavy atom. The van der Waals surface area contributed by atoms with E-state index < -0.39 is 22.0 Å². The van der Waals surface area contributed by atoms with Crippen LogP contribution in [-0.4, -0.2) is 83.1 Å². The number of aliphatic hydroxyl groups excluding tert-OH is 1. The number of nitrogens with zero attached hydrogens (tertiary/aromatic N) is 5. The number of aromatic nitrogens is 3. The van der Waals surface area contributed by atoms with Gasteiger partial charge in [-0.3, -0.25) is 9.78 Å². The molecule has 0 unspecified atom stereocenters. The number of hydrogen-bond donors (Lipinski definition) is 3. The Morgan fingerprint density at radius 1 is 1.11 bits per heavy atom. The van der Waals surface area contributed by atoms with Gasteiger partial charge in [-0.15, -0.1) is 0 Å². The van der Waals surface area contributed by atoms with Gasteiger partial charge in [0.05, 0.1) is 40.1 Å². The average Bonchev–Trinajstić information content (AvgIpc) is 3.75. The molecule has 0 atom stereocenters. The molecule has 2 aliphatic heterocycles. The molecule has 1 spiro atoms. The van der Waals surface area contributed by atoms with Crippen LogP contribution in [-0.2, 0) is 16.6 Å². The van der Waals surface area contributed by atoms with Crippen LogP contribution >= 0.6 is 0 Å². The molecule has 4 aromatic rings. The topological polar surface area (TPSA) is 141 Å². The SMILES string of the molecule is Cc1ccc(C(=O)NCc2cc3nc(-c4cc(F)cc(N5CCNC6(CC6)C5)n4)ccc3cn2)cc1S(=O)(=O)N1CC(O)C1. The fraction of sp³-hybridized carbons (Fsp3) is 0.355. The summed E-state index contributed by atoms with van der Waals surface area (Å²) in [6.07, 6.45) is 3.22. The second-order valence-corrected chi connectivity index (χ2v) is 13.8. The van der Waals surface area contributed by atoms with Crippen molar-refractivity contribution in [1.29, 1.82) is 0 Å². The highest BCUT2D eigenvalue weighted by molar-refractivity contribution is 7.89. The average molecular weight is 618 g/mol. The number of β-amino-alcohol motifs (C(OH)–C–C–N with tert-alkyl or cyclic N) is 1. The Bertz CT molecular complexity index is 1890. The van der Waals surface area contributed by atoms with Crippen molar-refractivity contribution in [3.63, 3.8) is 0 Å². The van der Waals surface area contributed by atoms with Gasteiger partial charge in [-0.25, -0.2) is 22.8 Å². The Kier molecular flexibility index (Phi) is 7.08. The van der Waals surface area contributed by atoms with Crippen molar-refractivity contribution in [3.05, 3.63) is 77.4 Å². The van der Waals surface area contributed by atoms with E-state index in [-0.39, 0.29) is 41.4 Å². The lowest BCUT2D eigenvalue weighted by Gasteiger charge is -2.35. The number of benzene rings is 1. The monoisotopic (exact) mass is 617 g/mol. The zero-order valence-electron chi connectivity index (χ0n) is 24.1. The number of nitrogens with one attached hydrogen (secondary N) is 2. The maximum absolute atomic E-state index is 14.8. The van der Waals surface area contributed by atoms with E-state index in [1.165, 1.54) is 22.5 Å². The van der Waals surface area contributed by atoms with Crippen molar-refractivity contribution in [2.24, 2.45) is 0 Å². The summed E-state index contributed by atoms with van der Waals surface area (Å²) in [5, 5.41) is 16.7. The number of carbonyl (C=O) groups is 1. The zero-order valence-corrected chi connectivity index (χ0v) is 24.9. The molecule has 1 aliphatic carbocycles. The van der Waals surface area contributed by atoms with Crippen molar-refractivity contribution in [1.82, 2.24) is 29.9 Å². The minimum absolute atomic E-state index is 0.0365. The largest absolute Gasteiger partial charge is 0.390 e. The van der Waals surface area contributed by atoms with Gasteiger partial charge in [0.15, 0.2) is 0 Å². The molecular formula is C31H32FN7O4S. The molecule has 3 fully saturated rings. The van der Waals surface area contributed by atoms with E-state index in [4.69, 9.17) is 9.97 Å². The third kappa shape index (κ3) is 5.52. The van der Waals surface area contributed by atoms with Crippen LogP contribution in [0.25, 0.3) is 22.3 Å². The van der Waals surface area contributed by atoms with E-state index in [9.17, 15) is 22.7 Å². The molecule has 0 radical (unpaired) electrons. The highest BCUT2D eigenvalue weighted by Gasteiger charge is 2.45. The molecule has 3 aliphatic rings. The predicted molar refractivity (Wildman–Crippen MR) is 162 cm³/mol. The number of aryl methyl sites for hydroxylation is 1. The Balaban J connectivity index is 1.08. The maximum atomic E-state index is 14.8. The number of sulfonamides is 1. The molecule has 5 heterocycles. The zero-order chi connectivity index (χ0) is 30.6. The standard InChI is InChI=1S/C31H32FN7O4S/c1-19-2-3-20(10-28(19)44(42,43)39-16-24(40)17-39)30(41)34-15-23-13-26-21(14-33-23)4-5-25(36-26)27-11-22(32)12-29(37-27)38-9-8-35-31(18-38)6-7-31/h2-5,10-14,24,35,40H,6-9,15-18H2,1H3,(H,34,41). The van der Waals surface area contributed by atoms with Gasteiger partial charge in [0.25, 0.3) is 5.91 Å². The maximum Gasteiger partial charge on any atom is 0.251 e. The first kappa shape index (κ1) is 28.7. The molecule has 1 amide bonds. The van der Waals surface area contributed by atoms with Gasteiger partial charge in [0, 0.05) is 67.5 Å². The van der Waals surface area contributed by atoms with Crippen molar-refractivity contribution in [2.45, 2.75) is 42.8 Å². The molecule has 3 N–H and O–H groups in total. The number of fused-ring (bicyclic) bond motifs is 1. The molecule has 1 aromatic carbocycles. The summed E-state index contributed by atoms with van der Waals surface area (Å²) in [5.74, 6) is -0.226. The molecule has 11 nitrogen and oxygen atoms in total. The van der Waals surface area contributed by atoms with E-state index in [0.29, 0.717) is 34.0 Å². The van der Waals surface area contributed by atoms with Crippen LogP contribution in [0.3, 0.4) is 0 Å². The summed E-state index contributed by atoms with van der Waals surface area (Å²) < 4.78 is 41.9. The van der Waals surface area contributed by atoms with Crippen molar-refractivity contribution in [3.8, 4) is 11.4 Å². The van der Waals surface area contributed by atoms with Gasteiger partial charge >= 0.3 is 0 Å². The lowest BCUT2D eigenvalue weighted by molar-refractivity contribution is 0.0547. The molecule has 1 saturated carbocycles. The minimum atomic E-state index is -3.82. The molecule has 0 bridgehead atoms. The molecule has 2 saturated heterocycles. The third-order valence-corrected chi connectivity index (χ3v) is 10.5. The van der Waals surface area contributed by atoms with E-state index in [0.717, 1.165) is 37.9 Å². The summed E-state index contributed by atoms with van der Waals surface area (Å²) in [6, 6.07) is 12.8. The van der Waals surface area contributed by atoms with Crippen LogP contribution in [0.2, 0.25) is 0 Å². The van der Waals surface area contributed by atoms with Crippen molar-refractivity contribution < 1.29 is 22.7 Å². The number of pyridine rings is 3. The Morgan fingerprint density at radius 2 is 1.93 bits per heavy atom. The lowest BCUT2D eigenvalue weighted by Crippen LogP contribution is -2.53. The highest BCUT2D eigenvalue weighted by atomic mass is 32.2. The summed E-state index contributed by atoms with van der Waals surface area (Å²) in [5.41, 5.74) is 2.98. The fourth-order valence-electron chi connectivity index (χ4n) is 5.76. The van der Waals surface area contributed by atoms with Crippen LogP contribution in [0.4, 0.5) is 10.2 Å². The minimum Gasteiger partial charge on any atom is -0.390 e. The quantitative estimate of drug-likeness (QED) is 0.285. The van der Waals surface area contributed by atoms with Crippen molar-refractivity contribution in [2.75, 3.05) is 37.6 Å². The molecule has 228 valence electrons. The summed E-state index contributed by atoms with van der Waals surface area (Å²) in [4.78, 5) is 29.1. The van der Waals surface area contributed by atoms with Crippen LogP contribution in [0.1, 0.15) is 34.5 Å².